The molecule has 1 aromatic heterocycles. The number of anilines is 2. The van der Waals surface area contributed by atoms with E-state index in [-0.39, 0.29) is 12.0 Å². The molecule has 0 unspecified atom stereocenters. The van der Waals surface area contributed by atoms with Gasteiger partial charge in [0.2, 0.25) is 0 Å². The van der Waals surface area contributed by atoms with Gasteiger partial charge in [0, 0.05) is 24.1 Å². The lowest BCUT2D eigenvalue weighted by molar-refractivity contribution is 0.170. The van der Waals surface area contributed by atoms with Crippen LogP contribution in [0.3, 0.4) is 0 Å². The van der Waals surface area contributed by atoms with Crippen LogP contribution in [0.5, 0.6) is 0 Å². The van der Waals surface area contributed by atoms with Crippen molar-refractivity contribution in [3.63, 3.8) is 0 Å². The van der Waals surface area contributed by atoms with Crippen molar-refractivity contribution >= 4 is 11.6 Å². The Hall–Kier alpha value is -1.36. The average molecular weight is 224 g/mol. The fourth-order valence-electron chi connectivity index (χ4n) is 1.20. The molecule has 4 N–H and O–H groups in total. The second kappa shape index (κ2) is 4.65. The highest BCUT2D eigenvalue weighted by Crippen LogP contribution is 2.20. The van der Waals surface area contributed by atoms with Gasteiger partial charge < -0.3 is 16.2 Å². The quantitative estimate of drug-likeness (QED) is 0.713. The summed E-state index contributed by atoms with van der Waals surface area (Å²) in [6.45, 7) is 8.40. The van der Waals surface area contributed by atoms with E-state index < -0.39 is 0 Å². The molecule has 1 heterocycles. The van der Waals surface area contributed by atoms with E-state index in [2.05, 4.69) is 15.3 Å². The van der Waals surface area contributed by atoms with Crippen LogP contribution in [0.15, 0.2) is 0 Å². The molecule has 90 valence electrons. The van der Waals surface area contributed by atoms with Crippen LogP contribution in [0.25, 0.3) is 0 Å². The third-order valence-electron chi connectivity index (χ3n) is 2.46. The Balaban J connectivity index is 2.82. The van der Waals surface area contributed by atoms with Crippen LogP contribution >= 0.6 is 0 Å². The Morgan fingerprint density at radius 2 is 1.94 bits per heavy atom. The Bertz CT molecular complexity index is 376. The molecule has 0 atom stereocenters. The van der Waals surface area contributed by atoms with Crippen molar-refractivity contribution < 1.29 is 5.11 Å². The molecule has 1 aromatic rings. The Morgan fingerprint density at radius 1 is 1.31 bits per heavy atom. The summed E-state index contributed by atoms with van der Waals surface area (Å²) in [5, 5.41) is 12.3. The molecule has 0 spiro atoms. The van der Waals surface area contributed by atoms with Gasteiger partial charge in [-0.05, 0) is 13.8 Å². The molecule has 5 nitrogen and oxygen atoms in total. The zero-order valence-corrected chi connectivity index (χ0v) is 10.3. The van der Waals surface area contributed by atoms with Gasteiger partial charge in [0.05, 0.1) is 0 Å². The maximum absolute atomic E-state index is 9.15. The topological polar surface area (TPSA) is 84.1 Å². The number of hydrogen-bond acceptors (Lipinski definition) is 5. The van der Waals surface area contributed by atoms with Crippen molar-refractivity contribution in [2.45, 2.75) is 27.7 Å². The van der Waals surface area contributed by atoms with Gasteiger partial charge in [-0.3, -0.25) is 0 Å². The van der Waals surface area contributed by atoms with E-state index in [9.17, 15) is 0 Å². The molecule has 0 aromatic carbocycles. The fourth-order valence-corrected chi connectivity index (χ4v) is 1.20. The minimum atomic E-state index is -0.180. The predicted octanol–water partition coefficient (Wildman–Crippen LogP) is 1.11. The normalized spacial score (nSPS) is 11.6. The Labute approximate surface area is 96.1 Å². The molecule has 0 aliphatic carbocycles. The lowest BCUT2D eigenvalue weighted by atomic mass is 9.95. The fraction of sp³-hybridized carbons (Fsp3) is 0.636. The molecule has 0 radical (unpaired) electrons. The summed E-state index contributed by atoms with van der Waals surface area (Å²) in [7, 11) is 0. The van der Waals surface area contributed by atoms with Crippen molar-refractivity contribution in [1.29, 1.82) is 0 Å². The zero-order chi connectivity index (χ0) is 12.3. The van der Waals surface area contributed by atoms with Crippen LogP contribution in [0.2, 0.25) is 0 Å². The number of rotatable bonds is 4. The number of nitrogen functional groups attached to an aromatic ring is 1. The van der Waals surface area contributed by atoms with Gasteiger partial charge in [-0.2, -0.15) is 0 Å². The molecule has 0 bridgehead atoms. The first-order chi connectivity index (χ1) is 7.35. The lowest BCUT2D eigenvalue weighted by Crippen LogP contribution is -2.27. The first kappa shape index (κ1) is 12.7. The number of nitrogens with one attached hydrogen (secondary N) is 1. The zero-order valence-electron chi connectivity index (χ0n) is 10.3. The minimum absolute atomic E-state index is 0.124. The van der Waals surface area contributed by atoms with Crippen LogP contribution in [0.1, 0.15) is 25.2 Å². The van der Waals surface area contributed by atoms with Gasteiger partial charge in [0.15, 0.2) is 0 Å². The first-order valence-corrected chi connectivity index (χ1v) is 5.31. The van der Waals surface area contributed by atoms with Crippen molar-refractivity contribution in [3.8, 4) is 0 Å². The number of aliphatic hydroxyl groups is 1. The molecule has 5 heteroatoms. The van der Waals surface area contributed by atoms with Gasteiger partial charge in [0.1, 0.15) is 17.5 Å². The van der Waals surface area contributed by atoms with Gasteiger partial charge in [-0.15, -0.1) is 0 Å². The van der Waals surface area contributed by atoms with Crippen molar-refractivity contribution in [2.75, 3.05) is 24.2 Å². The maximum Gasteiger partial charge on any atom is 0.134 e. The van der Waals surface area contributed by atoms with E-state index >= 15 is 0 Å². The third-order valence-corrected chi connectivity index (χ3v) is 2.46. The van der Waals surface area contributed by atoms with Crippen molar-refractivity contribution in [3.05, 3.63) is 11.4 Å². The summed E-state index contributed by atoms with van der Waals surface area (Å²) >= 11 is 0. The summed E-state index contributed by atoms with van der Waals surface area (Å²) in [5.74, 6) is 1.88. The summed E-state index contributed by atoms with van der Waals surface area (Å²) in [6.07, 6.45) is 0. The summed E-state index contributed by atoms with van der Waals surface area (Å²) < 4.78 is 0. The monoisotopic (exact) mass is 224 g/mol. The highest BCUT2D eigenvalue weighted by Gasteiger charge is 2.17. The number of aromatic nitrogens is 2. The molecule has 1 rings (SSSR count). The number of aryl methyl sites for hydroxylation is 1. The van der Waals surface area contributed by atoms with E-state index in [0.717, 1.165) is 11.4 Å². The number of nitrogens with zero attached hydrogens (tertiary/aromatic N) is 2. The van der Waals surface area contributed by atoms with Crippen LogP contribution in [0, 0.1) is 19.3 Å². The minimum Gasteiger partial charge on any atom is -0.396 e. The summed E-state index contributed by atoms with van der Waals surface area (Å²) in [6, 6.07) is 0. The molecule has 16 heavy (non-hydrogen) atoms. The average Bonchev–Trinajstić information content (AvgIpc) is 2.21. The van der Waals surface area contributed by atoms with Crippen LogP contribution in [-0.4, -0.2) is 28.2 Å². The smallest absolute Gasteiger partial charge is 0.134 e. The number of hydrogen-bond donors (Lipinski definition) is 3. The van der Waals surface area contributed by atoms with E-state index in [0.29, 0.717) is 18.2 Å². The van der Waals surface area contributed by atoms with Crippen molar-refractivity contribution in [1.82, 2.24) is 9.97 Å². The standard InChI is InChI=1S/C11H20N4O/c1-7-9(12)14-8(2)15-10(7)13-5-11(3,4)6-16/h16H,5-6H2,1-4H3,(H3,12,13,14,15). The third kappa shape index (κ3) is 3.06. The Morgan fingerprint density at radius 3 is 2.50 bits per heavy atom. The van der Waals surface area contributed by atoms with E-state index in [1.807, 2.05) is 20.8 Å². The molecule has 0 amide bonds. The molecule has 0 saturated heterocycles. The van der Waals surface area contributed by atoms with Gasteiger partial charge in [0.25, 0.3) is 0 Å². The largest absolute Gasteiger partial charge is 0.396 e. The van der Waals surface area contributed by atoms with Gasteiger partial charge >= 0.3 is 0 Å². The maximum atomic E-state index is 9.15. The van der Waals surface area contributed by atoms with Crippen molar-refractivity contribution in [2.24, 2.45) is 5.41 Å². The van der Waals surface area contributed by atoms with Gasteiger partial charge in [-0.25, -0.2) is 9.97 Å². The van der Waals surface area contributed by atoms with Gasteiger partial charge in [-0.1, -0.05) is 13.8 Å². The highest BCUT2D eigenvalue weighted by atomic mass is 16.3. The molecule has 0 fully saturated rings. The molecular weight excluding hydrogens is 204 g/mol. The van der Waals surface area contributed by atoms with Crippen LogP contribution < -0.4 is 11.1 Å². The van der Waals surface area contributed by atoms with E-state index in [1.165, 1.54) is 0 Å². The Kier molecular flexibility index (Phi) is 3.70. The molecular formula is C11H20N4O. The van der Waals surface area contributed by atoms with E-state index in [4.69, 9.17) is 10.8 Å². The first-order valence-electron chi connectivity index (χ1n) is 5.31. The lowest BCUT2D eigenvalue weighted by Gasteiger charge is -2.23. The predicted molar refractivity (Wildman–Crippen MR) is 65.3 cm³/mol. The summed E-state index contributed by atoms with van der Waals surface area (Å²) in [5.41, 5.74) is 6.42. The molecule has 0 saturated carbocycles. The molecule has 0 aliphatic rings. The highest BCUT2D eigenvalue weighted by molar-refractivity contribution is 5.54. The second-order valence-electron chi connectivity index (χ2n) is 4.81. The van der Waals surface area contributed by atoms with Crippen LogP contribution in [0.4, 0.5) is 11.6 Å². The number of aliphatic hydroxyl groups excluding tert-OH is 1. The SMILES string of the molecule is Cc1nc(N)c(C)c(NCC(C)(C)CO)n1. The second-order valence-corrected chi connectivity index (χ2v) is 4.81. The molecule has 0 aliphatic heterocycles. The number of nitrogens with two attached hydrogens (primary N) is 1. The van der Waals surface area contributed by atoms with Crippen LogP contribution in [-0.2, 0) is 0 Å². The van der Waals surface area contributed by atoms with E-state index in [1.54, 1.807) is 6.92 Å². The summed E-state index contributed by atoms with van der Waals surface area (Å²) in [4.78, 5) is 8.36.